The molecule has 0 atom stereocenters. The average molecular weight is 295 g/mol. The molecule has 1 heterocycles. The van der Waals surface area contributed by atoms with Gasteiger partial charge in [0.15, 0.2) is 11.6 Å². The Kier molecular flexibility index (Phi) is 3.43. The quantitative estimate of drug-likeness (QED) is 0.830. The van der Waals surface area contributed by atoms with Gasteiger partial charge in [-0.25, -0.2) is 9.37 Å². The number of halogens is 2. The highest BCUT2D eigenvalue weighted by Gasteiger charge is 2.11. The standard InChI is InChI=1S/C13H12BrFN2/c1-9-3-5-11(6-4-9)17(2)13-12(15)7-10(14)8-16-13/h3-8H,1-2H3. The van der Waals surface area contributed by atoms with E-state index in [-0.39, 0.29) is 5.82 Å². The van der Waals surface area contributed by atoms with E-state index in [9.17, 15) is 4.39 Å². The fourth-order valence-corrected chi connectivity index (χ4v) is 1.85. The summed E-state index contributed by atoms with van der Waals surface area (Å²) in [7, 11) is 1.80. The highest BCUT2D eigenvalue weighted by Crippen LogP contribution is 2.25. The SMILES string of the molecule is Cc1ccc(N(C)c2ncc(Br)cc2F)cc1. The van der Waals surface area contributed by atoms with Gasteiger partial charge in [-0.15, -0.1) is 0 Å². The number of aryl methyl sites for hydroxylation is 1. The smallest absolute Gasteiger partial charge is 0.169 e. The second-order valence-electron chi connectivity index (χ2n) is 3.85. The largest absolute Gasteiger partial charge is 0.327 e. The number of pyridine rings is 1. The van der Waals surface area contributed by atoms with Crippen molar-refractivity contribution >= 4 is 27.4 Å². The number of aromatic nitrogens is 1. The van der Waals surface area contributed by atoms with Crippen LogP contribution in [0.25, 0.3) is 0 Å². The fourth-order valence-electron chi connectivity index (χ4n) is 1.54. The molecule has 0 aliphatic carbocycles. The molecule has 2 rings (SSSR count). The van der Waals surface area contributed by atoms with Crippen LogP contribution in [0.3, 0.4) is 0 Å². The first-order valence-electron chi connectivity index (χ1n) is 5.19. The van der Waals surface area contributed by atoms with Gasteiger partial charge in [-0.1, -0.05) is 17.7 Å². The average Bonchev–Trinajstić information content (AvgIpc) is 2.29. The van der Waals surface area contributed by atoms with Crippen molar-refractivity contribution in [1.29, 1.82) is 0 Å². The van der Waals surface area contributed by atoms with E-state index < -0.39 is 0 Å². The van der Waals surface area contributed by atoms with Crippen LogP contribution in [0, 0.1) is 12.7 Å². The number of hydrogen-bond acceptors (Lipinski definition) is 2. The second-order valence-corrected chi connectivity index (χ2v) is 4.77. The van der Waals surface area contributed by atoms with Crippen molar-refractivity contribution in [2.24, 2.45) is 0 Å². The first-order chi connectivity index (χ1) is 8.08. The fraction of sp³-hybridized carbons (Fsp3) is 0.154. The normalized spacial score (nSPS) is 10.4. The Bertz CT molecular complexity index is 525. The molecule has 0 amide bonds. The molecule has 0 saturated heterocycles. The molecule has 0 spiro atoms. The highest BCUT2D eigenvalue weighted by atomic mass is 79.9. The van der Waals surface area contributed by atoms with Gasteiger partial charge in [0, 0.05) is 23.4 Å². The first-order valence-corrected chi connectivity index (χ1v) is 5.98. The number of nitrogens with zero attached hydrogens (tertiary/aromatic N) is 2. The van der Waals surface area contributed by atoms with E-state index >= 15 is 0 Å². The third-order valence-electron chi connectivity index (χ3n) is 2.53. The molecule has 17 heavy (non-hydrogen) atoms. The first kappa shape index (κ1) is 12.0. The van der Waals surface area contributed by atoms with Crippen molar-refractivity contribution in [2.45, 2.75) is 6.92 Å². The zero-order valence-electron chi connectivity index (χ0n) is 9.61. The summed E-state index contributed by atoms with van der Waals surface area (Å²) >= 11 is 3.19. The number of rotatable bonds is 2. The van der Waals surface area contributed by atoms with E-state index in [1.807, 2.05) is 31.2 Å². The second kappa shape index (κ2) is 4.84. The molecule has 2 nitrogen and oxygen atoms in total. The molecule has 0 radical (unpaired) electrons. The van der Waals surface area contributed by atoms with Crippen LogP contribution in [-0.4, -0.2) is 12.0 Å². The molecule has 0 N–H and O–H groups in total. The Morgan fingerprint density at radius 1 is 1.24 bits per heavy atom. The van der Waals surface area contributed by atoms with E-state index in [4.69, 9.17) is 0 Å². The van der Waals surface area contributed by atoms with Gasteiger partial charge >= 0.3 is 0 Å². The van der Waals surface area contributed by atoms with Gasteiger partial charge in [0.2, 0.25) is 0 Å². The lowest BCUT2D eigenvalue weighted by atomic mass is 10.2. The zero-order chi connectivity index (χ0) is 12.4. The van der Waals surface area contributed by atoms with E-state index in [0.717, 1.165) is 5.69 Å². The minimum absolute atomic E-state index is 0.317. The van der Waals surface area contributed by atoms with Crippen molar-refractivity contribution in [3.63, 3.8) is 0 Å². The van der Waals surface area contributed by atoms with E-state index in [0.29, 0.717) is 10.3 Å². The maximum Gasteiger partial charge on any atom is 0.169 e. The molecule has 2 aromatic rings. The summed E-state index contributed by atoms with van der Waals surface area (Å²) < 4.78 is 14.4. The number of anilines is 2. The summed E-state index contributed by atoms with van der Waals surface area (Å²) in [4.78, 5) is 5.80. The summed E-state index contributed by atoms with van der Waals surface area (Å²) in [5, 5.41) is 0. The van der Waals surface area contributed by atoms with Crippen molar-refractivity contribution in [2.75, 3.05) is 11.9 Å². The third-order valence-corrected chi connectivity index (χ3v) is 2.96. The molecule has 0 unspecified atom stereocenters. The lowest BCUT2D eigenvalue weighted by Crippen LogP contribution is -2.12. The van der Waals surface area contributed by atoms with Crippen molar-refractivity contribution in [1.82, 2.24) is 4.98 Å². The maximum absolute atomic E-state index is 13.7. The molecule has 1 aromatic heterocycles. The van der Waals surface area contributed by atoms with Crippen LogP contribution in [-0.2, 0) is 0 Å². The highest BCUT2D eigenvalue weighted by molar-refractivity contribution is 9.10. The van der Waals surface area contributed by atoms with Gasteiger partial charge < -0.3 is 4.90 Å². The van der Waals surface area contributed by atoms with Crippen LogP contribution in [0.1, 0.15) is 5.56 Å². The molecule has 0 saturated carbocycles. The topological polar surface area (TPSA) is 16.1 Å². The Balaban J connectivity index is 2.36. The summed E-state index contributed by atoms with van der Waals surface area (Å²) in [5.74, 6) is -0.0282. The maximum atomic E-state index is 13.7. The van der Waals surface area contributed by atoms with Gasteiger partial charge in [-0.2, -0.15) is 0 Å². The predicted octanol–water partition coefficient (Wildman–Crippen LogP) is 4.06. The van der Waals surface area contributed by atoms with Gasteiger partial charge in [0.25, 0.3) is 0 Å². The minimum atomic E-state index is -0.345. The summed E-state index contributed by atoms with van der Waals surface area (Å²) in [5.41, 5.74) is 2.08. The van der Waals surface area contributed by atoms with Gasteiger partial charge in [-0.3, -0.25) is 0 Å². The van der Waals surface area contributed by atoms with E-state index in [2.05, 4.69) is 20.9 Å². The van der Waals surface area contributed by atoms with Gasteiger partial charge in [0.05, 0.1) is 0 Å². The Morgan fingerprint density at radius 2 is 1.88 bits per heavy atom. The summed E-state index contributed by atoms with van der Waals surface area (Å²) in [6.07, 6.45) is 1.59. The van der Waals surface area contributed by atoms with Gasteiger partial charge in [-0.05, 0) is 41.1 Å². The Hall–Kier alpha value is -1.42. The molecule has 4 heteroatoms. The number of hydrogen-bond donors (Lipinski definition) is 0. The molecule has 0 aliphatic heterocycles. The van der Waals surface area contributed by atoms with Crippen molar-refractivity contribution in [3.05, 3.63) is 52.4 Å². The third kappa shape index (κ3) is 2.64. The molecule has 88 valence electrons. The monoisotopic (exact) mass is 294 g/mol. The van der Waals surface area contributed by atoms with Gasteiger partial charge in [0.1, 0.15) is 0 Å². The van der Waals surface area contributed by atoms with Crippen LogP contribution in [0.5, 0.6) is 0 Å². The predicted molar refractivity (Wildman–Crippen MR) is 71.1 cm³/mol. The van der Waals surface area contributed by atoms with Crippen LogP contribution >= 0.6 is 15.9 Å². The number of benzene rings is 1. The Labute approximate surface area is 108 Å². The van der Waals surface area contributed by atoms with Crippen LogP contribution in [0.4, 0.5) is 15.9 Å². The van der Waals surface area contributed by atoms with Crippen LogP contribution in [0.2, 0.25) is 0 Å². The van der Waals surface area contributed by atoms with Crippen LogP contribution in [0.15, 0.2) is 41.0 Å². The van der Waals surface area contributed by atoms with Crippen molar-refractivity contribution < 1.29 is 4.39 Å². The van der Waals surface area contributed by atoms with Crippen molar-refractivity contribution in [3.8, 4) is 0 Å². The molecule has 0 aliphatic rings. The molecular formula is C13H12BrFN2. The van der Waals surface area contributed by atoms with E-state index in [1.54, 1.807) is 18.1 Å². The summed E-state index contributed by atoms with van der Waals surface area (Å²) in [6, 6.07) is 9.27. The van der Waals surface area contributed by atoms with Crippen LogP contribution < -0.4 is 4.90 Å². The lowest BCUT2D eigenvalue weighted by molar-refractivity contribution is 0.620. The minimum Gasteiger partial charge on any atom is -0.327 e. The zero-order valence-corrected chi connectivity index (χ0v) is 11.2. The molecule has 0 bridgehead atoms. The molecular weight excluding hydrogens is 283 g/mol. The molecule has 1 aromatic carbocycles. The Morgan fingerprint density at radius 3 is 2.47 bits per heavy atom. The van der Waals surface area contributed by atoms with E-state index in [1.165, 1.54) is 11.6 Å². The molecule has 0 fully saturated rings. The lowest BCUT2D eigenvalue weighted by Gasteiger charge is -2.19. The summed E-state index contributed by atoms with van der Waals surface area (Å²) in [6.45, 7) is 2.02.